The van der Waals surface area contributed by atoms with Crippen LogP contribution in [-0.2, 0) is 9.53 Å². The first-order valence-electron chi connectivity index (χ1n) is 8.71. The highest BCUT2D eigenvalue weighted by Crippen LogP contribution is 2.23. The Labute approximate surface area is 157 Å². The molecule has 3 rings (SSSR count). The predicted molar refractivity (Wildman–Crippen MR) is 103 cm³/mol. The third-order valence-corrected chi connectivity index (χ3v) is 4.55. The van der Waals surface area contributed by atoms with Crippen molar-refractivity contribution in [2.45, 2.75) is 0 Å². The first kappa shape index (κ1) is 18.7. The summed E-state index contributed by atoms with van der Waals surface area (Å²) in [5, 5.41) is 13.9. The molecule has 8 heteroatoms. The van der Waals surface area contributed by atoms with Crippen LogP contribution < -0.4 is 10.2 Å². The van der Waals surface area contributed by atoms with Gasteiger partial charge in [-0.25, -0.2) is 0 Å². The summed E-state index contributed by atoms with van der Waals surface area (Å²) in [7, 11) is 1.41. The molecule has 1 fully saturated rings. The van der Waals surface area contributed by atoms with Crippen molar-refractivity contribution in [3.63, 3.8) is 0 Å². The zero-order valence-electron chi connectivity index (χ0n) is 15.1. The van der Waals surface area contributed by atoms with Crippen molar-refractivity contribution in [1.29, 1.82) is 0 Å². The van der Waals surface area contributed by atoms with E-state index >= 15 is 0 Å². The lowest BCUT2D eigenvalue weighted by Gasteiger charge is -2.35. The molecule has 8 nitrogen and oxygen atoms in total. The summed E-state index contributed by atoms with van der Waals surface area (Å²) < 4.78 is 4.71. The van der Waals surface area contributed by atoms with E-state index in [-0.39, 0.29) is 11.7 Å². The fourth-order valence-corrected chi connectivity index (χ4v) is 3.00. The van der Waals surface area contributed by atoms with Crippen LogP contribution in [0.25, 0.3) is 0 Å². The van der Waals surface area contributed by atoms with Crippen LogP contribution in [0.1, 0.15) is 0 Å². The van der Waals surface area contributed by atoms with Crippen molar-refractivity contribution in [3.05, 3.63) is 58.6 Å². The van der Waals surface area contributed by atoms with E-state index < -0.39 is 4.92 Å². The zero-order valence-corrected chi connectivity index (χ0v) is 15.1. The molecule has 1 aliphatic rings. The van der Waals surface area contributed by atoms with E-state index in [1.807, 2.05) is 24.3 Å². The minimum absolute atomic E-state index is 0.0715. The molecular weight excluding hydrogens is 348 g/mol. The molecule has 0 bridgehead atoms. The maximum absolute atomic E-state index is 11.4. The van der Waals surface area contributed by atoms with Gasteiger partial charge in [-0.2, -0.15) is 0 Å². The Morgan fingerprint density at radius 3 is 2.11 bits per heavy atom. The van der Waals surface area contributed by atoms with Crippen LogP contribution in [0, 0.1) is 10.1 Å². The summed E-state index contributed by atoms with van der Waals surface area (Å²) in [5.74, 6) is -0.204. The molecule has 1 N–H and O–H groups in total. The van der Waals surface area contributed by atoms with Gasteiger partial charge < -0.3 is 15.0 Å². The molecule has 27 heavy (non-hydrogen) atoms. The lowest BCUT2D eigenvalue weighted by atomic mass is 10.2. The molecule has 0 saturated carbocycles. The molecule has 142 valence electrons. The van der Waals surface area contributed by atoms with Crippen LogP contribution in [0.2, 0.25) is 0 Å². The molecule has 0 aliphatic carbocycles. The predicted octanol–water partition coefficient (Wildman–Crippen LogP) is 2.63. The number of anilines is 3. The molecule has 0 spiro atoms. The second-order valence-electron chi connectivity index (χ2n) is 6.32. The lowest BCUT2D eigenvalue weighted by molar-refractivity contribution is -0.384. The van der Waals surface area contributed by atoms with Gasteiger partial charge in [0.2, 0.25) is 0 Å². The number of nitrogens with zero attached hydrogens (tertiary/aromatic N) is 3. The fraction of sp³-hybridized carbons (Fsp3) is 0.316. The van der Waals surface area contributed by atoms with Crippen molar-refractivity contribution < 1.29 is 14.5 Å². The maximum Gasteiger partial charge on any atom is 0.319 e. The number of esters is 1. The normalized spacial score (nSPS) is 14.6. The average Bonchev–Trinajstić information content (AvgIpc) is 2.69. The number of methoxy groups -OCH3 is 1. The third kappa shape index (κ3) is 4.95. The molecule has 0 atom stereocenters. The number of nitro benzene ring substituents is 1. The number of ether oxygens (including phenoxy) is 1. The van der Waals surface area contributed by atoms with Gasteiger partial charge in [0.15, 0.2) is 0 Å². The minimum Gasteiger partial charge on any atom is -0.468 e. The summed E-state index contributed by atoms with van der Waals surface area (Å²) in [6.45, 7) is 3.68. The molecule has 0 amide bonds. The molecule has 0 radical (unpaired) electrons. The Balaban J connectivity index is 1.54. The molecule has 2 aromatic carbocycles. The highest BCUT2D eigenvalue weighted by molar-refractivity contribution is 5.71. The van der Waals surface area contributed by atoms with E-state index in [2.05, 4.69) is 15.1 Å². The van der Waals surface area contributed by atoms with Crippen LogP contribution in [0.4, 0.5) is 22.7 Å². The Hall–Kier alpha value is -3.13. The number of carbonyl (C=O) groups excluding carboxylic acids is 1. The Morgan fingerprint density at radius 2 is 1.59 bits per heavy atom. The number of non-ortho nitro benzene ring substituents is 1. The Morgan fingerprint density at radius 1 is 1.04 bits per heavy atom. The van der Waals surface area contributed by atoms with Gasteiger partial charge >= 0.3 is 5.97 Å². The smallest absolute Gasteiger partial charge is 0.319 e. The zero-order chi connectivity index (χ0) is 19.2. The van der Waals surface area contributed by atoms with E-state index in [1.54, 1.807) is 12.1 Å². The quantitative estimate of drug-likeness (QED) is 0.475. The molecule has 0 unspecified atom stereocenters. The summed E-state index contributed by atoms with van der Waals surface area (Å²) in [4.78, 5) is 26.0. The fourth-order valence-electron chi connectivity index (χ4n) is 3.00. The molecule has 1 saturated heterocycles. The highest BCUT2D eigenvalue weighted by atomic mass is 16.6. The lowest BCUT2D eigenvalue weighted by Crippen LogP contribution is -2.48. The minimum atomic E-state index is -0.413. The second-order valence-corrected chi connectivity index (χ2v) is 6.32. The number of benzene rings is 2. The molecule has 1 aliphatic heterocycles. The largest absolute Gasteiger partial charge is 0.468 e. The third-order valence-electron chi connectivity index (χ3n) is 4.55. The summed E-state index contributed by atoms with van der Waals surface area (Å²) >= 11 is 0. The van der Waals surface area contributed by atoms with E-state index in [9.17, 15) is 14.9 Å². The van der Waals surface area contributed by atoms with Gasteiger partial charge in [0, 0.05) is 55.4 Å². The number of carbonyl (C=O) groups is 1. The number of nitrogens with one attached hydrogen (secondary N) is 1. The molecule has 1 heterocycles. The SMILES string of the molecule is COC(=O)CN1CCN(c2ccc(Nc3ccc([N+](=O)[O-])cc3)cc2)CC1. The Bertz CT molecular complexity index is 784. The van der Waals surface area contributed by atoms with Gasteiger partial charge in [-0.1, -0.05) is 0 Å². The van der Waals surface area contributed by atoms with E-state index in [1.165, 1.54) is 19.2 Å². The maximum atomic E-state index is 11.4. The molecular formula is C19H22N4O4. The number of rotatable bonds is 6. The van der Waals surface area contributed by atoms with Crippen molar-refractivity contribution in [2.24, 2.45) is 0 Å². The highest BCUT2D eigenvalue weighted by Gasteiger charge is 2.19. The van der Waals surface area contributed by atoms with Gasteiger partial charge in [-0.05, 0) is 36.4 Å². The first-order chi connectivity index (χ1) is 13.0. The van der Waals surface area contributed by atoms with Gasteiger partial charge in [0.05, 0.1) is 18.6 Å². The van der Waals surface area contributed by atoms with Gasteiger partial charge in [-0.15, -0.1) is 0 Å². The topological polar surface area (TPSA) is 88.0 Å². The van der Waals surface area contributed by atoms with Gasteiger partial charge in [0.25, 0.3) is 5.69 Å². The van der Waals surface area contributed by atoms with Gasteiger partial charge in [0.1, 0.15) is 0 Å². The number of hydrogen-bond donors (Lipinski definition) is 1. The summed E-state index contributed by atoms with van der Waals surface area (Å²) in [6, 6.07) is 14.4. The Kier molecular flexibility index (Phi) is 5.87. The van der Waals surface area contributed by atoms with Crippen LogP contribution in [0.15, 0.2) is 48.5 Å². The van der Waals surface area contributed by atoms with Crippen LogP contribution >= 0.6 is 0 Å². The standard InChI is InChI=1S/C19H22N4O4/c1-27-19(24)14-21-10-12-22(13-11-21)17-6-2-15(3-7-17)20-16-4-8-18(9-5-16)23(25)26/h2-9,20H,10-14H2,1H3. The monoisotopic (exact) mass is 370 g/mol. The van der Waals surface area contributed by atoms with Crippen LogP contribution in [0.5, 0.6) is 0 Å². The average molecular weight is 370 g/mol. The van der Waals surface area contributed by atoms with Crippen LogP contribution in [-0.4, -0.2) is 55.6 Å². The molecule has 0 aromatic heterocycles. The van der Waals surface area contributed by atoms with Crippen molar-refractivity contribution in [3.8, 4) is 0 Å². The number of hydrogen-bond acceptors (Lipinski definition) is 7. The summed E-state index contributed by atoms with van der Waals surface area (Å²) in [5.41, 5.74) is 2.91. The van der Waals surface area contributed by atoms with E-state index in [0.29, 0.717) is 6.54 Å². The van der Waals surface area contributed by atoms with Gasteiger partial charge in [-0.3, -0.25) is 19.8 Å². The van der Waals surface area contributed by atoms with Crippen molar-refractivity contribution in [2.75, 3.05) is 50.1 Å². The molecule has 2 aromatic rings. The number of nitro groups is 1. The van der Waals surface area contributed by atoms with Crippen molar-refractivity contribution in [1.82, 2.24) is 4.90 Å². The van der Waals surface area contributed by atoms with E-state index in [4.69, 9.17) is 4.74 Å². The van der Waals surface area contributed by atoms with Crippen LogP contribution in [0.3, 0.4) is 0 Å². The first-order valence-corrected chi connectivity index (χ1v) is 8.71. The number of piperazine rings is 1. The second kappa shape index (κ2) is 8.50. The van der Waals surface area contributed by atoms with E-state index in [0.717, 1.165) is 43.2 Å². The van der Waals surface area contributed by atoms with Crippen molar-refractivity contribution >= 4 is 28.7 Å². The summed E-state index contributed by atoms with van der Waals surface area (Å²) in [6.07, 6.45) is 0.